The zero-order valence-corrected chi connectivity index (χ0v) is 26.6. The molecule has 0 unspecified atom stereocenters. The Hall–Kier alpha value is -6.82. The number of hydrogen-bond donors (Lipinski definition) is 0. The number of ether oxygens (including phenoxy) is 4. The van der Waals surface area contributed by atoms with Crippen LogP contribution in [0.1, 0.15) is 43.0 Å². The van der Waals surface area contributed by atoms with Crippen LogP contribution in [0.4, 0.5) is 0 Å². The lowest BCUT2D eigenvalue weighted by Gasteiger charge is -2.11. The number of nitriles is 2. The number of carbonyl (C=O) groups is 2. The molecule has 0 spiro atoms. The third kappa shape index (κ3) is 6.13. The molecular weight excluding hydrogens is 632 g/mol. The fraction of sp³-hybridized carbons (Fsp3) is 0.150. The summed E-state index contributed by atoms with van der Waals surface area (Å²) in [5.41, 5.74) is 7.12. The van der Waals surface area contributed by atoms with Crippen molar-refractivity contribution < 1.29 is 28.5 Å². The standard InChI is InChI=1S/C40H26N4O6/c1-43-33(23-41)37-27-11-5-3-9-25(27)35-29(37)13-7-15-31(35)39(45)49-21-19-47-17-18-48-20-22-50-40(46)32-16-8-14-30-36(32)26-10-4-6-12-28(26)38(30)34(24-42)44-2/h3-16H,17-22H2. The number of fused-ring (bicyclic) bond motifs is 6. The molecule has 4 aromatic carbocycles. The van der Waals surface area contributed by atoms with Crippen LogP contribution < -0.4 is 0 Å². The summed E-state index contributed by atoms with van der Waals surface area (Å²) in [4.78, 5) is 33.0. The molecule has 6 rings (SSSR count). The molecule has 0 atom stereocenters. The first-order valence-electron chi connectivity index (χ1n) is 15.5. The lowest BCUT2D eigenvalue weighted by molar-refractivity contribution is 0.00234. The predicted octanol–water partition coefficient (Wildman–Crippen LogP) is 7.10. The Balaban J connectivity index is 0.962. The minimum atomic E-state index is -0.544. The molecule has 242 valence electrons. The second-order valence-corrected chi connectivity index (χ2v) is 10.9. The van der Waals surface area contributed by atoms with E-state index in [1.165, 1.54) is 0 Å². The van der Waals surface area contributed by atoms with Gasteiger partial charge >= 0.3 is 11.9 Å². The van der Waals surface area contributed by atoms with Gasteiger partial charge in [-0.3, -0.25) is 0 Å². The van der Waals surface area contributed by atoms with E-state index in [1.54, 1.807) is 36.4 Å². The van der Waals surface area contributed by atoms with Crippen molar-refractivity contribution in [3.63, 3.8) is 0 Å². The molecule has 0 amide bonds. The van der Waals surface area contributed by atoms with E-state index >= 15 is 0 Å². The van der Waals surface area contributed by atoms with Gasteiger partial charge in [0.25, 0.3) is 11.4 Å². The van der Waals surface area contributed by atoms with Crippen LogP contribution in [0, 0.1) is 35.8 Å². The zero-order valence-electron chi connectivity index (χ0n) is 26.6. The number of benzene rings is 4. The van der Waals surface area contributed by atoms with Crippen LogP contribution in [0.5, 0.6) is 0 Å². The quantitative estimate of drug-likeness (QED) is 0.0625. The third-order valence-electron chi connectivity index (χ3n) is 8.24. The van der Waals surface area contributed by atoms with Gasteiger partial charge in [-0.25, -0.2) is 29.8 Å². The molecule has 0 radical (unpaired) electrons. The molecule has 0 N–H and O–H groups in total. The van der Waals surface area contributed by atoms with Gasteiger partial charge in [-0.2, -0.15) is 0 Å². The Labute approximate surface area is 288 Å². The number of rotatable bonds is 11. The highest BCUT2D eigenvalue weighted by Crippen LogP contribution is 2.48. The summed E-state index contributed by atoms with van der Waals surface area (Å²) in [6.45, 7) is 15.6. The first-order chi connectivity index (χ1) is 24.5. The van der Waals surface area contributed by atoms with Crippen LogP contribution in [0.3, 0.4) is 0 Å². The SMILES string of the molecule is [C-]#[N+]C(C#N)=C1c2ccccc2-c2c(C(=O)OCCOCCOCCOC(=O)c3cccc4c3-c3ccccc3C4=C(C#N)[N+]#[C-])cccc21. The summed E-state index contributed by atoms with van der Waals surface area (Å²) >= 11 is 0. The van der Waals surface area contributed by atoms with Gasteiger partial charge < -0.3 is 18.9 Å². The van der Waals surface area contributed by atoms with E-state index in [1.807, 2.05) is 60.7 Å². The van der Waals surface area contributed by atoms with Crippen molar-refractivity contribution in [1.82, 2.24) is 0 Å². The van der Waals surface area contributed by atoms with Gasteiger partial charge in [-0.05, 0) is 45.5 Å². The largest absolute Gasteiger partial charge is 0.460 e. The highest BCUT2D eigenvalue weighted by molar-refractivity contribution is 6.11. The van der Waals surface area contributed by atoms with Crippen molar-refractivity contribution >= 4 is 23.1 Å². The second-order valence-electron chi connectivity index (χ2n) is 10.9. The molecule has 10 heteroatoms. The number of hydrogen-bond acceptors (Lipinski definition) is 8. The topological polar surface area (TPSA) is 127 Å². The molecule has 0 saturated carbocycles. The number of esters is 2. The summed E-state index contributed by atoms with van der Waals surface area (Å²) in [7, 11) is 0. The molecule has 0 bridgehead atoms. The Morgan fingerprint density at radius 2 is 0.880 bits per heavy atom. The van der Waals surface area contributed by atoms with E-state index in [0.29, 0.717) is 44.5 Å². The lowest BCUT2D eigenvalue weighted by atomic mass is 9.99. The molecule has 10 nitrogen and oxygen atoms in total. The lowest BCUT2D eigenvalue weighted by Crippen LogP contribution is -2.15. The van der Waals surface area contributed by atoms with Crippen LogP contribution >= 0.6 is 0 Å². The average molecular weight is 659 g/mol. The van der Waals surface area contributed by atoms with Crippen molar-refractivity contribution in [2.45, 2.75) is 0 Å². The van der Waals surface area contributed by atoms with E-state index in [4.69, 9.17) is 32.1 Å². The Bertz CT molecular complexity index is 2080. The number of allylic oxidation sites excluding steroid dienone is 2. The highest BCUT2D eigenvalue weighted by Gasteiger charge is 2.31. The Morgan fingerprint density at radius 1 is 0.520 bits per heavy atom. The molecular formula is C40H26N4O6. The smallest absolute Gasteiger partial charge is 0.338 e. The normalized spacial score (nSPS) is 13.6. The fourth-order valence-corrected chi connectivity index (χ4v) is 6.22. The van der Waals surface area contributed by atoms with E-state index in [-0.39, 0.29) is 51.0 Å². The number of carbonyl (C=O) groups excluding carboxylic acids is 2. The monoisotopic (exact) mass is 658 g/mol. The summed E-state index contributed by atoms with van der Waals surface area (Å²) in [5, 5.41) is 19.1. The van der Waals surface area contributed by atoms with E-state index in [2.05, 4.69) is 9.69 Å². The summed E-state index contributed by atoms with van der Waals surface area (Å²) < 4.78 is 22.0. The molecule has 2 aliphatic rings. The maximum Gasteiger partial charge on any atom is 0.338 e. The van der Waals surface area contributed by atoms with Gasteiger partial charge in [0.15, 0.2) is 0 Å². The van der Waals surface area contributed by atoms with Crippen molar-refractivity contribution in [3.05, 3.63) is 153 Å². The van der Waals surface area contributed by atoms with Crippen LogP contribution in [-0.2, 0) is 18.9 Å². The first-order valence-corrected chi connectivity index (χ1v) is 15.5. The minimum absolute atomic E-state index is 0.00311. The van der Waals surface area contributed by atoms with Crippen LogP contribution in [-0.4, -0.2) is 51.6 Å². The van der Waals surface area contributed by atoms with Gasteiger partial charge in [0, 0.05) is 22.3 Å². The first kappa shape index (κ1) is 33.1. The number of nitrogens with zero attached hydrogens (tertiary/aromatic N) is 4. The van der Waals surface area contributed by atoms with Crippen molar-refractivity contribution in [3.8, 4) is 34.4 Å². The zero-order chi connectivity index (χ0) is 35.0. The van der Waals surface area contributed by atoms with Gasteiger partial charge in [0.05, 0.1) is 62.8 Å². The van der Waals surface area contributed by atoms with Gasteiger partial charge in [-0.15, -0.1) is 0 Å². The van der Waals surface area contributed by atoms with Crippen LogP contribution in [0.15, 0.2) is 96.3 Å². The van der Waals surface area contributed by atoms with Crippen molar-refractivity contribution in [1.29, 1.82) is 10.5 Å². The molecule has 0 fully saturated rings. The van der Waals surface area contributed by atoms with Crippen LogP contribution in [0.2, 0.25) is 0 Å². The molecule has 0 aromatic heterocycles. The maximum atomic E-state index is 13.1. The fourth-order valence-electron chi connectivity index (χ4n) is 6.22. The Kier molecular flexibility index (Phi) is 9.89. The molecule has 2 aliphatic carbocycles. The van der Waals surface area contributed by atoms with Gasteiger partial charge in [0.1, 0.15) is 13.2 Å². The second kappa shape index (κ2) is 14.9. The molecule has 0 aliphatic heterocycles. The van der Waals surface area contributed by atoms with Gasteiger partial charge in [0.2, 0.25) is 0 Å². The Morgan fingerprint density at radius 3 is 1.26 bits per heavy atom. The van der Waals surface area contributed by atoms with Gasteiger partial charge in [-0.1, -0.05) is 72.8 Å². The molecule has 50 heavy (non-hydrogen) atoms. The summed E-state index contributed by atoms with van der Waals surface area (Å²) in [6.07, 6.45) is 0. The van der Waals surface area contributed by atoms with E-state index < -0.39 is 11.9 Å². The van der Waals surface area contributed by atoms with E-state index in [0.717, 1.165) is 22.3 Å². The van der Waals surface area contributed by atoms with Crippen molar-refractivity contribution in [2.75, 3.05) is 39.6 Å². The van der Waals surface area contributed by atoms with E-state index in [9.17, 15) is 20.1 Å². The average Bonchev–Trinajstić information content (AvgIpc) is 3.67. The minimum Gasteiger partial charge on any atom is -0.460 e. The third-order valence-corrected chi connectivity index (χ3v) is 8.24. The molecule has 0 saturated heterocycles. The summed E-state index contributed by atoms with van der Waals surface area (Å²) in [6, 6.07) is 28.9. The highest BCUT2D eigenvalue weighted by atomic mass is 16.6. The predicted molar refractivity (Wildman–Crippen MR) is 182 cm³/mol. The summed E-state index contributed by atoms with van der Waals surface area (Å²) in [5.74, 6) is -1.09. The maximum absolute atomic E-state index is 13.1. The van der Waals surface area contributed by atoms with Crippen LogP contribution in [0.25, 0.3) is 43.1 Å². The van der Waals surface area contributed by atoms with Crippen molar-refractivity contribution in [2.24, 2.45) is 0 Å². The molecule has 0 heterocycles. The molecule has 4 aromatic rings.